The fraction of sp³-hybridized carbons (Fsp3) is 0.160. The fourth-order valence-electron chi connectivity index (χ4n) is 3.49. The first kappa shape index (κ1) is 23.8. The van der Waals surface area contributed by atoms with Crippen molar-refractivity contribution in [1.29, 1.82) is 0 Å². The fourth-order valence-corrected chi connectivity index (χ4v) is 4.47. The number of carbonyl (C=O) groups excluding carboxylic acids is 2. The number of rotatable bonds is 8. The summed E-state index contributed by atoms with van der Waals surface area (Å²) in [4.78, 5) is 33.7. The molecule has 2 atom stereocenters. The predicted molar refractivity (Wildman–Crippen MR) is 134 cm³/mol. The lowest BCUT2D eigenvalue weighted by Crippen LogP contribution is -2.49. The highest BCUT2D eigenvalue weighted by atomic mass is 35.5. The lowest BCUT2D eigenvalue weighted by molar-refractivity contribution is -0.125. The topological polar surface area (TPSA) is 121 Å². The van der Waals surface area contributed by atoms with Crippen LogP contribution >= 0.6 is 23.4 Å². The van der Waals surface area contributed by atoms with Gasteiger partial charge in [0.2, 0.25) is 11.0 Å². The molecule has 1 amide bonds. The molecule has 7 nitrogen and oxygen atoms in total. The molecule has 0 radical (unpaired) electrons. The summed E-state index contributed by atoms with van der Waals surface area (Å²) >= 11 is 6.90. The number of hydrogen-bond acceptors (Lipinski definition) is 6. The number of amides is 1. The Morgan fingerprint density at radius 1 is 1.03 bits per heavy atom. The minimum Gasteiger partial charge on any atom is -0.506 e. The molecule has 0 saturated carbocycles. The first-order valence-corrected chi connectivity index (χ1v) is 11.8. The number of thioether (sulfide) groups is 1. The van der Waals surface area contributed by atoms with Crippen LogP contribution in [0.15, 0.2) is 78.0 Å². The van der Waals surface area contributed by atoms with E-state index in [2.05, 4.69) is 15.3 Å². The molecule has 34 heavy (non-hydrogen) atoms. The average Bonchev–Trinajstić information content (AvgIpc) is 3.24. The molecule has 0 bridgehead atoms. The molecular formula is C25H23ClN4O3S. The summed E-state index contributed by atoms with van der Waals surface area (Å²) in [7, 11) is 0. The number of benzene rings is 3. The Morgan fingerprint density at radius 2 is 1.76 bits per heavy atom. The minimum absolute atomic E-state index is 0.0421. The molecule has 4 rings (SSSR count). The Hall–Kier alpha value is -3.33. The molecule has 174 valence electrons. The number of hydrogen-bond donors (Lipinski definition) is 4. The van der Waals surface area contributed by atoms with Crippen molar-refractivity contribution in [2.24, 2.45) is 5.73 Å². The third-order valence-corrected chi connectivity index (χ3v) is 6.43. The summed E-state index contributed by atoms with van der Waals surface area (Å²) in [6.07, 6.45) is 0.519. The third kappa shape index (κ3) is 5.96. The molecule has 1 heterocycles. The van der Waals surface area contributed by atoms with Crippen LogP contribution in [0, 0.1) is 0 Å². The molecule has 0 fully saturated rings. The lowest BCUT2D eigenvalue weighted by atomic mass is 10.0. The van der Waals surface area contributed by atoms with E-state index in [1.54, 1.807) is 12.1 Å². The van der Waals surface area contributed by atoms with Gasteiger partial charge in [-0.05, 0) is 53.6 Å². The van der Waals surface area contributed by atoms with E-state index >= 15 is 0 Å². The van der Waals surface area contributed by atoms with E-state index in [0.717, 1.165) is 28.4 Å². The summed E-state index contributed by atoms with van der Waals surface area (Å²) in [5, 5.41) is 12.8. The first-order chi connectivity index (χ1) is 16.4. The zero-order valence-corrected chi connectivity index (χ0v) is 19.6. The van der Waals surface area contributed by atoms with Crippen LogP contribution in [0.2, 0.25) is 5.02 Å². The van der Waals surface area contributed by atoms with Gasteiger partial charge in [0.05, 0.1) is 22.1 Å². The number of fused-ring (bicyclic) bond motifs is 1. The summed E-state index contributed by atoms with van der Waals surface area (Å²) in [6.45, 7) is 0. The molecule has 3 aromatic carbocycles. The van der Waals surface area contributed by atoms with E-state index in [0.29, 0.717) is 17.1 Å². The van der Waals surface area contributed by atoms with Gasteiger partial charge < -0.3 is 21.1 Å². The molecule has 0 saturated heterocycles. The Kier molecular flexibility index (Phi) is 7.52. The maximum Gasteiger partial charge on any atom is 0.237 e. The van der Waals surface area contributed by atoms with Gasteiger partial charge in [-0.1, -0.05) is 60.1 Å². The number of aromatic amines is 1. The second-order valence-electron chi connectivity index (χ2n) is 7.83. The van der Waals surface area contributed by atoms with Gasteiger partial charge in [-0.2, -0.15) is 0 Å². The maximum atomic E-state index is 13.2. The SMILES string of the molecule is N[C@@H](Cc1ccc(O)c(Cl)c1)C(=O)N[C@H](Cc1ccccc1)C(=O)Sc1nc2ccccc2[nH]1. The smallest absolute Gasteiger partial charge is 0.237 e. The van der Waals surface area contributed by atoms with E-state index < -0.39 is 18.0 Å². The molecular weight excluding hydrogens is 472 g/mol. The number of phenolic OH excluding ortho intramolecular Hbond substituents is 1. The van der Waals surface area contributed by atoms with E-state index in [-0.39, 0.29) is 22.3 Å². The molecule has 0 spiro atoms. The van der Waals surface area contributed by atoms with Gasteiger partial charge in [0.15, 0.2) is 5.16 Å². The van der Waals surface area contributed by atoms with Crippen molar-refractivity contribution in [1.82, 2.24) is 15.3 Å². The van der Waals surface area contributed by atoms with Crippen molar-refractivity contribution in [2.75, 3.05) is 0 Å². The third-order valence-electron chi connectivity index (χ3n) is 5.25. The number of aromatic hydroxyl groups is 1. The van der Waals surface area contributed by atoms with Crippen molar-refractivity contribution in [3.05, 3.63) is 88.9 Å². The number of imidazole rings is 1. The second kappa shape index (κ2) is 10.7. The second-order valence-corrected chi connectivity index (χ2v) is 9.23. The van der Waals surface area contributed by atoms with Crippen molar-refractivity contribution in [3.8, 4) is 5.75 Å². The molecule has 0 aliphatic carbocycles. The van der Waals surface area contributed by atoms with Gasteiger partial charge in [-0.15, -0.1) is 0 Å². The van der Waals surface area contributed by atoms with Crippen molar-refractivity contribution < 1.29 is 14.7 Å². The number of para-hydroxylation sites is 2. The van der Waals surface area contributed by atoms with Crippen LogP contribution in [0.3, 0.4) is 0 Å². The summed E-state index contributed by atoms with van der Waals surface area (Å²) in [5.41, 5.74) is 9.33. The van der Waals surface area contributed by atoms with Gasteiger partial charge in [0.1, 0.15) is 11.8 Å². The number of nitrogens with zero attached hydrogens (tertiary/aromatic N) is 1. The first-order valence-electron chi connectivity index (χ1n) is 10.6. The van der Waals surface area contributed by atoms with Gasteiger partial charge in [-0.3, -0.25) is 9.59 Å². The van der Waals surface area contributed by atoms with Crippen LogP contribution in [-0.4, -0.2) is 38.2 Å². The van der Waals surface area contributed by atoms with Gasteiger partial charge in [0.25, 0.3) is 0 Å². The number of halogens is 1. The largest absolute Gasteiger partial charge is 0.506 e. The van der Waals surface area contributed by atoms with Crippen LogP contribution in [-0.2, 0) is 22.4 Å². The number of nitrogens with two attached hydrogens (primary N) is 1. The Labute approximate surface area is 205 Å². The van der Waals surface area contributed by atoms with E-state index in [9.17, 15) is 14.7 Å². The lowest BCUT2D eigenvalue weighted by Gasteiger charge is -2.20. The molecule has 4 aromatic rings. The van der Waals surface area contributed by atoms with E-state index in [4.69, 9.17) is 17.3 Å². The zero-order chi connectivity index (χ0) is 24.1. The Bertz CT molecular complexity index is 1280. The van der Waals surface area contributed by atoms with Crippen molar-refractivity contribution >= 4 is 45.4 Å². The molecule has 1 aromatic heterocycles. The van der Waals surface area contributed by atoms with Crippen LogP contribution < -0.4 is 11.1 Å². The zero-order valence-electron chi connectivity index (χ0n) is 18.1. The van der Waals surface area contributed by atoms with Crippen LogP contribution in [0.25, 0.3) is 11.0 Å². The highest BCUT2D eigenvalue weighted by Crippen LogP contribution is 2.25. The summed E-state index contributed by atoms with van der Waals surface area (Å²) < 4.78 is 0. The monoisotopic (exact) mass is 494 g/mol. The molecule has 0 unspecified atom stereocenters. The van der Waals surface area contributed by atoms with Crippen LogP contribution in [0.4, 0.5) is 0 Å². The summed E-state index contributed by atoms with van der Waals surface area (Å²) in [6, 6.07) is 19.9. The van der Waals surface area contributed by atoms with Gasteiger partial charge >= 0.3 is 0 Å². The standard InChI is InChI=1S/C25H23ClN4O3S/c26-17-12-16(10-11-22(17)31)13-18(27)23(32)28-21(14-15-6-2-1-3-7-15)24(33)34-25-29-19-8-4-5-9-20(19)30-25/h1-12,18,21,31H,13-14,27H2,(H,28,32)(H,29,30)/t18-,21+/m0/s1. The highest BCUT2D eigenvalue weighted by Gasteiger charge is 2.26. The molecule has 0 aliphatic rings. The number of nitrogens with one attached hydrogen (secondary N) is 2. The molecule has 0 aliphatic heterocycles. The normalized spacial score (nSPS) is 12.9. The van der Waals surface area contributed by atoms with Crippen molar-refractivity contribution in [2.45, 2.75) is 30.1 Å². The number of carbonyl (C=O) groups is 2. The molecule has 9 heteroatoms. The number of H-pyrrole nitrogens is 1. The maximum absolute atomic E-state index is 13.2. The molecule has 5 N–H and O–H groups in total. The van der Waals surface area contributed by atoms with Crippen LogP contribution in [0.5, 0.6) is 5.75 Å². The van der Waals surface area contributed by atoms with Gasteiger partial charge in [0, 0.05) is 6.42 Å². The van der Waals surface area contributed by atoms with Crippen LogP contribution in [0.1, 0.15) is 11.1 Å². The number of phenols is 1. The quantitative estimate of drug-likeness (QED) is 0.276. The average molecular weight is 495 g/mol. The van der Waals surface area contributed by atoms with E-state index in [1.807, 2.05) is 54.6 Å². The highest BCUT2D eigenvalue weighted by molar-refractivity contribution is 8.13. The Balaban J connectivity index is 1.48. The Morgan fingerprint density at radius 3 is 2.50 bits per heavy atom. The summed E-state index contributed by atoms with van der Waals surface area (Å²) in [5.74, 6) is -0.497. The predicted octanol–water partition coefficient (Wildman–Crippen LogP) is 3.84. The van der Waals surface area contributed by atoms with Gasteiger partial charge in [-0.25, -0.2) is 4.98 Å². The minimum atomic E-state index is -0.900. The van der Waals surface area contributed by atoms with Crippen molar-refractivity contribution in [3.63, 3.8) is 0 Å². The number of aromatic nitrogens is 2. The van der Waals surface area contributed by atoms with E-state index in [1.165, 1.54) is 6.07 Å².